The third-order valence-corrected chi connectivity index (χ3v) is 4.03. The number of halogens is 1. The molecule has 0 spiro atoms. The molecule has 1 aromatic heterocycles. The second kappa shape index (κ2) is 6.15. The predicted molar refractivity (Wildman–Crippen MR) is 79.1 cm³/mol. The van der Waals surface area contributed by atoms with Gasteiger partial charge in [0.05, 0.1) is 15.9 Å². The molecule has 0 N–H and O–H groups in total. The van der Waals surface area contributed by atoms with Gasteiger partial charge in [0.15, 0.2) is 0 Å². The monoisotopic (exact) mass is 320 g/mol. The number of carbonyl (C=O) groups excluding carboxylic acids is 1. The van der Waals surface area contributed by atoms with Gasteiger partial charge in [-0.2, -0.15) is 5.10 Å². The lowest BCUT2D eigenvalue weighted by Gasteiger charge is -2.03. The van der Waals surface area contributed by atoms with Gasteiger partial charge in [-0.3, -0.25) is 9.48 Å². The van der Waals surface area contributed by atoms with Gasteiger partial charge in [-0.1, -0.05) is 37.3 Å². The summed E-state index contributed by atoms with van der Waals surface area (Å²) >= 11 is 3.54. The van der Waals surface area contributed by atoms with Gasteiger partial charge in [0.2, 0.25) is 0 Å². The molecule has 0 aliphatic heterocycles. The molecule has 0 saturated heterocycles. The topological polar surface area (TPSA) is 34.9 Å². The van der Waals surface area contributed by atoms with Crippen LogP contribution in [0, 0.1) is 0 Å². The van der Waals surface area contributed by atoms with Gasteiger partial charge in [-0.15, -0.1) is 0 Å². The van der Waals surface area contributed by atoms with E-state index < -0.39 is 0 Å². The fourth-order valence-corrected chi connectivity index (χ4v) is 2.84. The normalized spacial score (nSPS) is 10.7. The molecule has 2 rings (SSSR count). The summed E-state index contributed by atoms with van der Waals surface area (Å²) in [5.74, 6) is 0.206. The molecule has 0 unspecified atom stereocenters. The van der Waals surface area contributed by atoms with E-state index in [0.29, 0.717) is 12.8 Å². The number of nitrogens with zero attached hydrogens (tertiary/aromatic N) is 2. The maximum Gasteiger partial charge on any atom is 0.143 e. The van der Waals surface area contributed by atoms with E-state index in [2.05, 4.69) is 28.0 Å². The highest BCUT2D eigenvalue weighted by molar-refractivity contribution is 9.10. The van der Waals surface area contributed by atoms with Gasteiger partial charge in [0, 0.05) is 19.9 Å². The van der Waals surface area contributed by atoms with Crippen LogP contribution < -0.4 is 0 Å². The van der Waals surface area contributed by atoms with Crippen LogP contribution in [0.25, 0.3) is 0 Å². The quantitative estimate of drug-likeness (QED) is 0.848. The first-order valence-electron chi connectivity index (χ1n) is 6.37. The molecule has 0 radical (unpaired) electrons. The smallest absolute Gasteiger partial charge is 0.143 e. The Bertz CT molecular complexity index is 575. The zero-order chi connectivity index (χ0) is 13.8. The van der Waals surface area contributed by atoms with Crippen molar-refractivity contribution in [3.63, 3.8) is 0 Å². The molecule has 1 heterocycles. The number of rotatable bonds is 5. The second-order valence-electron chi connectivity index (χ2n) is 4.56. The van der Waals surface area contributed by atoms with Crippen LogP contribution in [-0.4, -0.2) is 15.6 Å². The summed E-state index contributed by atoms with van der Waals surface area (Å²) in [6, 6.07) is 9.83. The zero-order valence-corrected chi connectivity index (χ0v) is 12.8. The molecule has 0 saturated carbocycles. The van der Waals surface area contributed by atoms with Crippen molar-refractivity contribution in [2.24, 2.45) is 7.05 Å². The summed E-state index contributed by atoms with van der Waals surface area (Å²) in [6.07, 6.45) is 1.75. The highest BCUT2D eigenvalue weighted by atomic mass is 79.9. The molecule has 1 aromatic carbocycles. The van der Waals surface area contributed by atoms with E-state index in [0.717, 1.165) is 27.8 Å². The average molecular weight is 321 g/mol. The molecule has 0 atom stereocenters. The lowest BCUT2D eigenvalue weighted by atomic mass is 10.1. The van der Waals surface area contributed by atoms with E-state index in [-0.39, 0.29) is 5.78 Å². The number of ketones is 1. The van der Waals surface area contributed by atoms with Gasteiger partial charge in [0.25, 0.3) is 0 Å². The highest BCUT2D eigenvalue weighted by Gasteiger charge is 2.15. The van der Waals surface area contributed by atoms with Crippen LogP contribution in [0.4, 0.5) is 0 Å². The zero-order valence-electron chi connectivity index (χ0n) is 11.2. The van der Waals surface area contributed by atoms with Crippen molar-refractivity contribution < 1.29 is 4.79 Å². The van der Waals surface area contributed by atoms with E-state index >= 15 is 0 Å². The summed E-state index contributed by atoms with van der Waals surface area (Å²) in [7, 11) is 1.88. The predicted octanol–water partition coefficient (Wildman–Crippen LogP) is 3.10. The number of carbonyl (C=O) groups is 1. The molecular formula is C15H17BrN2O. The second-order valence-corrected chi connectivity index (χ2v) is 5.36. The van der Waals surface area contributed by atoms with Gasteiger partial charge in [-0.25, -0.2) is 0 Å². The minimum absolute atomic E-state index is 0.206. The average Bonchev–Trinajstić information content (AvgIpc) is 2.67. The molecular weight excluding hydrogens is 304 g/mol. The molecule has 2 aromatic rings. The lowest BCUT2D eigenvalue weighted by Crippen LogP contribution is -2.10. The van der Waals surface area contributed by atoms with Gasteiger partial charge >= 0.3 is 0 Å². The molecule has 19 heavy (non-hydrogen) atoms. The van der Waals surface area contributed by atoms with Crippen molar-refractivity contribution in [1.82, 2.24) is 9.78 Å². The lowest BCUT2D eigenvalue weighted by molar-refractivity contribution is -0.117. The first kappa shape index (κ1) is 14.0. The largest absolute Gasteiger partial charge is 0.299 e. The van der Waals surface area contributed by atoms with Crippen LogP contribution in [0.15, 0.2) is 34.8 Å². The Morgan fingerprint density at radius 1 is 1.26 bits per heavy atom. The number of hydrogen-bond acceptors (Lipinski definition) is 2. The summed E-state index contributed by atoms with van der Waals surface area (Å²) in [6.45, 7) is 2.06. The van der Waals surface area contributed by atoms with Crippen LogP contribution in [0.5, 0.6) is 0 Å². The van der Waals surface area contributed by atoms with Crippen molar-refractivity contribution >= 4 is 21.7 Å². The van der Waals surface area contributed by atoms with Crippen LogP contribution >= 0.6 is 15.9 Å². The molecule has 4 heteroatoms. The van der Waals surface area contributed by atoms with E-state index in [4.69, 9.17) is 0 Å². The summed E-state index contributed by atoms with van der Waals surface area (Å²) in [5, 5.41) is 4.41. The maximum atomic E-state index is 12.1. The highest BCUT2D eigenvalue weighted by Crippen LogP contribution is 2.22. The minimum atomic E-state index is 0.206. The number of aromatic nitrogens is 2. The van der Waals surface area contributed by atoms with Crippen LogP contribution in [-0.2, 0) is 31.1 Å². The summed E-state index contributed by atoms with van der Waals surface area (Å²) in [5.41, 5.74) is 3.02. The molecule has 0 bridgehead atoms. The third kappa shape index (κ3) is 3.32. The van der Waals surface area contributed by atoms with Gasteiger partial charge in [-0.05, 0) is 27.9 Å². The van der Waals surface area contributed by atoms with Crippen molar-refractivity contribution in [2.75, 3.05) is 0 Å². The van der Waals surface area contributed by atoms with Crippen LogP contribution in [0.3, 0.4) is 0 Å². The third-order valence-electron chi connectivity index (χ3n) is 3.11. The Morgan fingerprint density at radius 2 is 1.95 bits per heavy atom. The number of hydrogen-bond donors (Lipinski definition) is 0. The standard InChI is InChI=1S/C15H17BrN2O/c1-3-13-15(16)14(18(2)17-13)10-12(19)9-11-7-5-4-6-8-11/h4-8H,3,9-10H2,1-2H3. The van der Waals surface area contributed by atoms with Crippen LogP contribution in [0.1, 0.15) is 23.9 Å². The van der Waals surface area contributed by atoms with Crippen molar-refractivity contribution in [1.29, 1.82) is 0 Å². The van der Waals surface area contributed by atoms with Crippen molar-refractivity contribution in [2.45, 2.75) is 26.2 Å². The molecule has 0 fully saturated rings. The number of benzene rings is 1. The van der Waals surface area contributed by atoms with Crippen LogP contribution in [0.2, 0.25) is 0 Å². The number of Topliss-reactive ketones (excluding diaryl/α,β-unsaturated/α-hetero) is 1. The van der Waals surface area contributed by atoms with Crippen molar-refractivity contribution in [3.05, 3.63) is 51.8 Å². The molecule has 100 valence electrons. The Hall–Kier alpha value is -1.42. The first-order chi connectivity index (χ1) is 9.11. The van der Waals surface area contributed by atoms with E-state index in [1.165, 1.54) is 0 Å². The SMILES string of the molecule is CCc1nn(C)c(CC(=O)Cc2ccccc2)c1Br. The van der Waals surface area contributed by atoms with E-state index in [1.807, 2.05) is 37.4 Å². The number of aryl methyl sites for hydroxylation is 2. The van der Waals surface area contributed by atoms with E-state index in [1.54, 1.807) is 4.68 Å². The first-order valence-corrected chi connectivity index (χ1v) is 7.17. The molecule has 0 aliphatic rings. The molecule has 0 aliphatic carbocycles. The Kier molecular flexibility index (Phi) is 4.53. The van der Waals surface area contributed by atoms with Gasteiger partial charge < -0.3 is 0 Å². The van der Waals surface area contributed by atoms with Crippen molar-refractivity contribution in [3.8, 4) is 0 Å². The minimum Gasteiger partial charge on any atom is -0.299 e. The summed E-state index contributed by atoms with van der Waals surface area (Å²) in [4.78, 5) is 12.1. The Labute approximate surface area is 121 Å². The summed E-state index contributed by atoms with van der Waals surface area (Å²) < 4.78 is 2.77. The fraction of sp³-hybridized carbons (Fsp3) is 0.333. The Morgan fingerprint density at radius 3 is 2.53 bits per heavy atom. The van der Waals surface area contributed by atoms with E-state index in [9.17, 15) is 4.79 Å². The Balaban J connectivity index is 2.09. The molecule has 3 nitrogen and oxygen atoms in total. The maximum absolute atomic E-state index is 12.1. The van der Waals surface area contributed by atoms with Gasteiger partial charge in [0.1, 0.15) is 5.78 Å². The fourth-order valence-electron chi connectivity index (χ4n) is 2.08. The molecule has 0 amide bonds.